The van der Waals surface area contributed by atoms with E-state index < -0.39 is 0 Å². The smallest absolute Gasteiger partial charge is 0.209 e. The van der Waals surface area contributed by atoms with Crippen LogP contribution in [0.3, 0.4) is 0 Å². The van der Waals surface area contributed by atoms with Gasteiger partial charge in [-0.2, -0.15) is 0 Å². The van der Waals surface area contributed by atoms with Gasteiger partial charge in [-0.25, -0.2) is 9.97 Å². The second-order valence-electron chi connectivity index (χ2n) is 6.59. The average Bonchev–Trinajstić information content (AvgIpc) is 3.10. The number of amides is 1. The third-order valence-corrected chi connectivity index (χ3v) is 6.11. The number of fused-ring (bicyclic) bond motifs is 1. The van der Waals surface area contributed by atoms with E-state index in [1.165, 1.54) is 4.91 Å². The van der Waals surface area contributed by atoms with Crippen molar-refractivity contribution in [1.82, 2.24) is 19.9 Å². The largest absolute Gasteiger partial charge is 0.346 e. The highest BCUT2D eigenvalue weighted by Gasteiger charge is 2.36. The molecule has 1 fully saturated rings. The minimum Gasteiger partial charge on any atom is -0.346 e. The first kappa shape index (κ1) is 16.3. The van der Waals surface area contributed by atoms with Crippen molar-refractivity contribution < 1.29 is 4.79 Å². The summed E-state index contributed by atoms with van der Waals surface area (Å²) in [7, 11) is 0. The van der Waals surface area contributed by atoms with E-state index in [9.17, 15) is 4.79 Å². The quantitative estimate of drug-likeness (QED) is 0.816. The molecule has 2 aromatic rings. The Labute approximate surface area is 149 Å². The van der Waals surface area contributed by atoms with Gasteiger partial charge in [-0.3, -0.25) is 9.79 Å². The molecule has 2 aliphatic rings. The number of carbonyl (C=O) groups is 1. The summed E-state index contributed by atoms with van der Waals surface area (Å²) in [6, 6.07) is 1.91. The number of aliphatic imine (C=N–C) groups is 1. The molecule has 1 amide bonds. The molecule has 0 bridgehead atoms. The summed E-state index contributed by atoms with van der Waals surface area (Å²) in [6.07, 6.45) is 8.17. The van der Waals surface area contributed by atoms with Crippen LogP contribution in [0.5, 0.6) is 0 Å². The number of carbonyl (C=O) groups excluding carboxylic acids is 1. The van der Waals surface area contributed by atoms with E-state index in [2.05, 4.69) is 26.9 Å². The van der Waals surface area contributed by atoms with Gasteiger partial charge in [0.25, 0.3) is 0 Å². The summed E-state index contributed by atoms with van der Waals surface area (Å²) in [5.41, 5.74) is 8.18. The lowest BCUT2D eigenvalue weighted by Gasteiger charge is -2.41. The number of rotatable bonds is 3. The van der Waals surface area contributed by atoms with Crippen LogP contribution in [0.4, 0.5) is 0 Å². The van der Waals surface area contributed by atoms with E-state index in [1.54, 1.807) is 23.0 Å². The maximum Gasteiger partial charge on any atom is 0.209 e. The standard InChI is InChI=1S/C17H20N6OS/c1-10-6-23(9-24)7-12(18)15(10)13-4-19-5-14(25-13)16-11-2-3-20-17(11)22-8-21-16/h2-5,8-10,12,14-15H,6-7,18H2,1H3,(H,20,21,22)/t10-,12+,14?,15?/m1/s1. The minimum atomic E-state index is -0.0840. The number of likely N-dealkylation sites (tertiary alicyclic amines) is 1. The predicted octanol–water partition coefficient (Wildman–Crippen LogP) is 1.71. The number of nitrogens with two attached hydrogens (primary N) is 1. The third kappa shape index (κ3) is 2.96. The van der Waals surface area contributed by atoms with Gasteiger partial charge in [0.15, 0.2) is 0 Å². The Morgan fingerprint density at radius 3 is 3.08 bits per heavy atom. The molecule has 130 valence electrons. The number of thioether (sulfide) groups is 1. The average molecular weight is 356 g/mol. The van der Waals surface area contributed by atoms with Gasteiger partial charge in [-0.1, -0.05) is 6.92 Å². The number of piperidine rings is 1. The minimum absolute atomic E-state index is 0.0322. The van der Waals surface area contributed by atoms with Gasteiger partial charge in [0.2, 0.25) is 6.41 Å². The molecule has 0 aromatic carbocycles. The van der Waals surface area contributed by atoms with Crippen LogP contribution in [0.25, 0.3) is 11.0 Å². The Morgan fingerprint density at radius 1 is 1.40 bits per heavy atom. The van der Waals surface area contributed by atoms with Gasteiger partial charge in [0.1, 0.15) is 12.0 Å². The fourth-order valence-corrected chi connectivity index (χ4v) is 5.16. The first-order valence-electron chi connectivity index (χ1n) is 8.30. The summed E-state index contributed by atoms with van der Waals surface area (Å²) in [4.78, 5) is 30.3. The Bertz CT molecular complexity index is 835. The van der Waals surface area contributed by atoms with Crippen molar-refractivity contribution in [3.8, 4) is 0 Å². The number of hydrogen-bond donors (Lipinski definition) is 2. The van der Waals surface area contributed by atoms with Crippen LogP contribution in [-0.2, 0) is 4.79 Å². The highest BCUT2D eigenvalue weighted by atomic mass is 32.2. The molecular weight excluding hydrogens is 336 g/mol. The maximum absolute atomic E-state index is 11.1. The van der Waals surface area contributed by atoms with Gasteiger partial charge < -0.3 is 15.6 Å². The molecule has 4 atom stereocenters. The predicted molar refractivity (Wildman–Crippen MR) is 99.1 cm³/mol. The zero-order chi connectivity index (χ0) is 17.4. The molecule has 0 spiro atoms. The number of aromatic amines is 1. The highest BCUT2D eigenvalue weighted by molar-refractivity contribution is 8.03. The molecule has 1 saturated heterocycles. The van der Waals surface area contributed by atoms with E-state index in [-0.39, 0.29) is 17.2 Å². The summed E-state index contributed by atoms with van der Waals surface area (Å²) in [5, 5.41) is 1.05. The maximum atomic E-state index is 11.1. The van der Waals surface area contributed by atoms with Crippen molar-refractivity contribution in [2.75, 3.05) is 13.1 Å². The van der Waals surface area contributed by atoms with E-state index in [0.717, 1.165) is 29.7 Å². The molecule has 0 saturated carbocycles. The van der Waals surface area contributed by atoms with E-state index in [1.807, 2.05) is 24.7 Å². The SMILES string of the molecule is C[C@@H]1CN(C=O)C[C@H](N)C1C1=CN=CC(c2ncnc3[nH]ccc23)S1. The Morgan fingerprint density at radius 2 is 2.28 bits per heavy atom. The molecule has 0 radical (unpaired) electrons. The molecule has 2 aromatic heterocycles. The third-order valence-electron chi connectivity index (χ3n) is 4.86. The van der Waals surface area contributed by atoms with Gasteiger partial charge in [0, 0.05) is 54.0 Å². The molecule has 4 rings (SSSR count). The van der Waals surface area contributed by atoms with E-state index >= 15 is 0 Å². The monoisotopic (exact) mass is 356 g/mol. The fourth-order valence-electron chi connectivity index (χ4n) is 3.75. The van der Waals surface area contributed by atoms with Crippen LogP contribution in [0, 0.1) is 11.8 Å². The lowest BCUT2D eigenvalue weighted by Crippen LogP contribution is -2.52. The summed E-state index contributed by atoms with van der Waals surface area (Å²) >= 11 is 1.75. The van der Waals surface area contributed by atoms with Gasteiger partial charge in [-0.05, 0) is 12.0 Å². The van der Waals surface area contributed by atoms with Crippen LogP contribution in [0.2, 0.25) is 0 Å². The van der Waals surface area contributed by atoms with Crippen LogP contribution >= 0.6 is 11.8 Å². The second kappa shape index (κ2) is 6.61. The van der Waals surface area contributed by atoms with Crippen molar-refractivity contribution >= 4 is 35.4 Å². The summed E-state index contributed by atoms with van der Waals surface area (Å²) in [6.45, 7) is 3.45. The Balaban J connectivity index is 1.59. The highest BCUT2D eigenvalue weighted by Crippen LogP contribution is 2.44. The van der Waals surface area contributed by atoms with Crippen LogP contribution in [0.15, 0.2) is 34.7 Å². The second-order valence-corrected chi connectivity index (χ2v) is 7.81. The van der Waals surface area contributed by atoms with Crippen molar-refractivity contribution in [1.29, 1.82) is 0 Å². The molecule has 4 heterocycles. The number of nitrogens with one attached hydrogen (secondary N) is 1. The van der Waals surface area contributed by atoms with Crippen LogP contribution < -0.4 is 5.73 Å². The Kier molecular flexibility index (Phi) is 4.30. The summed E-state index contributed by atoms with van der Waals surface area (Å²) in [5.74, 6) is 0.490. The topological polar surface area (TPSA) is 100 Å². The van der Waals surface area contributed by atoms with Crippen LogP contribution in [0.1, 0.15) is 17.9 Å². The van der Waals surface area contributed by atoms with Crippen molar-refractivity contribution in [2.45, 2.75) is 18.2 Å². The zero-order valence-electron chi connectivity index (χ0n) is 13.9. The number of hydrogen-bond acceptors (Lipinski definition) is 6. The molecule has 0 aliphatic carbocycles. The molecule has 2 unspecified atom stereocenters. The van der Waals surface area contributed by atoms with Crippen molar-refractivity contribution in [3.05, 3.63) is 35.4 Å². The fraction of sp³-hybridized carbons (Fsp3) is 0.412. The first-order chi connectivity index (χ1) is 12.2. The lowest BCUT2D eigenvalue weighted by molar-refractivity contribution is -0.120. The molecular formula is C17H20N6OS. The summed E-state index contributed by atoms with van der Waals surface area (Å²) < 4.78 is 0. The van der Waals surface area contributed by atoms with Gasteiger partial charge in [0.05, 0.1) is 10.9 Å². The van der Waals surface area contributed by atoms with Gasteiger partial charge in [-0.15, -0.1) is 11.8 Å². The first-order valence-corrected chi connectivity index (χ1v) is 9.18. The van der Waals surface area contributed by atoms with Crippen molar-refractivity contribution in [3.63, 3.8) is 0 Å². The van der Waals surface area contributed by atoms with Gasteiger partial charge >= 0.3 is 0 Å². The van der Waals surface area contributed by atoms with E-state index in [0.29, 0.717) is 12.5 Å². The molecule has 8 heteroatoms. The number of aromatic nitrogens is 3. The Hall–Kier alpha value is -2.19. The zero-order valence-corrected chi connectivity index (χ0v) is 14.7. The van der Waals surface area contributed by atoms with Crippen molar-refractivity contribution in [2.24, 2.45) is 22.6 Å². The molecule has 25 heavy (non-hydrogen) atoms. The molecule has 7 nitrogen and oxygen atoms in total. The molecule has 2 aliphatic heterocycles. The lowest BCUT2D eigenvalue weighted by atomic mass is 9.83. The van der Waals surface area contributed by atoms with E-state index in [4.69, 9.17) is 5.73 Å². The number of nitrogens with zero attached hydrogens (tertiary/aromatic N) is 4. The van der Waals surface area contributed by atoms with Crippen LogP contribution in [-0.4, -0.2) is 51.6 Å². The number of H-pyrrole nitrogens is 1. The molecule has 3 N–H and O–H groups in total. The normalized spacial score (nSPS) is 29.7.